The topological polar surface area (TPSA) is 79.8 Å². The lowest BCUT2D eigenvalue weighted by atomic mass is 9.97. The number of benzene rings is 1. The Kier molecular flexibility index (Phi) is 5.06. The Balaban J connectivity index is 1.37. The molecule has 1 aliphatic rings. The van der Waals surface area contributed by atoms with Crippen LogP contribution in [0.1, 0.15) is 34.6 Å². The van der Waals surface area contributed by atoms with Gasteiger partial charge in [-0.15, -0.1) is 0 Å². The van der Waals surface area contributed by atoms with Gasteiger partial charge in [0.1, 0.15) is 11.5 Å². The van der Waals surface area contributed by atoms with Crippen LogP contribution in [0.3, 0.4) is 0 Å². The summed E-state index contributed by atoms with van der Waals surface area (Å²) in [4.78, 5) is 27.4. The monoisotopic (exact) mass is 380 g/mol. The number of aryl methyl sites for hydroxylation is 2. The van der Waals surface area contributed by atoms with Crippen LogP contribution in [0.4, 0.5) is 4.39 Å². The maximum Gasteiger partial charge on any atom is 0.267 e. The van der Waals surface area contributed by atoms with Crippen LogP contribution in [0.5, 0.6) is 0 Å². The van der Waals surface area contributed by atoms with Gasteiger partial charge in [-0.1, -0.05) is 12.1 Å². The largest absolute Gasteiger partial charge is 0.357 e. The van der Waals surface area contributed by atoms with Gasteiger partial charge in [0, 0.05) is 18.8 Å². The molecule has 1 aliphatic carbocycles. The van der Waals surface area contributed by atoms with Crippen molar-refractivity contribution in [2.75, 3.05) is 6.54 Å². The summed E-state index contributed by atoms with van der Waals surface area (Å²) in [5.74, 6) is -0.567. The number of nitrogens with one attached hydrogen (secondary N) is 2. The van der Waals surface area contributed by atoms with Crippen LogP contribution in [-0.2, 0) is 19.4 Å². The number of rotatable bonds is 5. The molecule has 6 nitrogen and oxygen atoms in total. The van der Waals surface area contributed by atoms with Gasteiger partial charge in [0.15, 0.2) is 0 Å². The predicted molar refractivity (Wildman–Crippen MR) is 104 cm³/mol. The minimum Gasteiger partial charge on any atom is -0.357 e. The second-order valence-electron chi connectivity index (χ2n) is 6.95. The third kappa shape index (κ3) is 3.88. The number of H-pyrrole nitrogens is 1. The Hall–Kier alpha value is -3.22. The van der Waals surface area contributed by atoms with Gasteiger partial charge in [0.2, 0.25) is 0 Å². The maximum atomic E-state index is 13.0. The fourth-order valence-electron chi connectivity index (χ4n) is 3.47. The van der Waals surface area contributed by atoms with Gasteiger partial charge < -0.3 is 10.3 Å². The maximum absolute atomic E-state index is 13.0. The Morgan fingerprint density at radius 3 is 2.75 bits per heavy atom. The van der Waals surface area contributed by atoms with E-state index in [0.717, 1.165) is 48.1 Å². The zero-order valence-corrected chi connectivity index (χ0v) is 15.4. The van der Waals surface area contributed by atoms with Gasteiger partial charge in [0.25, 0.3) is 11.5 Å². The summed E-state index contributed by atoms with van der Waals surface area (Å²) in [5, 5.41) is 7.25. The second kappa shape index (κ2) is 7.80. The zero-order valence-electron chi connectivity index (χ0n) is 15.4. The number of aromatic nitrogens is 3. The smallest absolute Gasteiger partial charge is 0.267 e. The molecule has 0 saturated heterocycles. The van der Waals surface area contributed by atoms with E-state index in [1.54, 1.807) is 30.5 Å². The lowest BCUT2D eigenvalue weighted by Crippen LogP contribution is -2.33. The molecule has 0 radical (unpaired) electrons. The molecule has 0 bridgehead atoms. The number of amides is 1. The number of aromatic amines is 1. The molecule has 1 aromatic carbocycles. The molecule has 28 heavy (non-hydrogen) atoms. The number of carbonyl (C=O) groups is 1. The molecule has 1 amide bonds. The van der Waals surface area contributed by atoms with Gasteiger partial charge in [-0.3, -0.25) is 9.59 Å². The van der Waals surface area contributed by atoms with Gasteiger partial charge in [-0.05, 0) is 60.6 Å². The number of fused-ring (bicyclic) bond motifs is 1. The quantitative estimate of drug-likeness (QED) is 0.714. The van der Waals surface area contributed by atoms with E-state index in [4.69, 9.17) is 0 Å². The highest BCUT2D eigenvalue weighted by Crippen LogP contribution is 2.20. The Labute approximate surface area is 161 Å². The summed E-state index contributed by atoms with van der Waals surface area (Å²) in [5.41, 5.74) is 3.94. The van der Waals surface area contributed by atoms with Crippen molar-refractivity contribution in [2.24, 2.45) is 0 Å². The van der Waals surface area contributed by atoms with Crippen molar-refractivity contribution in [3.05, 3.63) is 75.7 Å². The summed E-state index contributed by atoms with van der Waals surface area (Å²) < 4.78 is 14.5. The number of hydrogen-bond donors (Lipinski definition) is 2. The Morgan fingerprint density at radius 2 is 1.93 bits per heavy atom. The van der Waals surface area contributed by atoms with Crippen LogP contribution in [0.25, 0.3) is 11.1 Å². The molecule has 7 heteroatoms. The first-order chi connectivity index (χ1) is 13.6. The van der Waals surface area contributed by atoms with Crippen LogP contribution >= 0.6 is 0 Å². The predicted octanol–water partition coefficient (Wildman–Crippen LogP) is 2.69. The molecule has 4 rings (SSSR count). The van der Waals surface area contributed by atoms with E-state index in [1.807, 2.05) is 0 Å². The summed E-state index contributed by atoms with van der Waals surface area (Å²) in [7, 11) is 0. The van der Waals surface area contributed by atoms with Gasteiger partial charge >= 0.3 is 0 Å². The van der Waals surface area contributed by atoms with Crippen LogP contribution < -0.4 is 10.9 Å². The lowest BCUT2D eigenvalue weighted by Gasteiger charge is -2.15. The van der Waals surface area contributed by atoms with E-state index in [2.05, 4.69) is 15.4 Å². The molecule has 2 N–H and O–H groups in total. The molecule has 2 heterocycles. The van der Waals surface area contributed by atoms with Crippen molar-refractivity contribution in [1.82, 2.24) is 20.1 Å². The second-order valence-corrected chi connectivity index (χ2v) is 6.95. The van der Waals surface area contributed by atoms with Crippen LogP contribution in [0.2, 0.25) is 0 Å². The first kappa shape index (κ1) is 18.2. The highest BCUT2D eigenvalue weighted by atomic mass is 19.1. The van der Waals surface area contributed by atoms with E-state index in [-0.39, 0.29) is 17.3 Å². The Morgan fingerprint density at radius 1 is 1.14 bits per heavy atom. The summed E-state index contributed by atoms with van der Waals surface area (Å²) >= 11 is 0. The fraction of sp³-hybridized carbons (Fsp3) is 0.286. The van der Waals surface area contributed by atoms with Crippen LogP contribution in [-0.4, -0.2) is 27.2 Å². The van der Waals surface area contributed by atoms with Gasteiger partial charge in [0.05, 0.1) is 12.2 Å². The molecular weight excluding hydrogens is 359 g/mol. The number of halogens is 1. The first-order valence-corrected chi connectivity index (χ1v) is 9.42. The average molecular weight is 380 g/mol. The molecule has 3 aromatic rings. The molecule has 0 unspecified atom stereocenters. The molecule has 144 valence electrons. The van der Waals surface area contributed by atoms with Gasteiger partial charge in [-0.2, -0.15) is 5.10 Å². The number of nitrogens with zero attached hydrogens (tertiary/aromatic N) is 2. The summed E-state index contributed by atoms with van der Waals surface area (Å²) in [6.07, 6.45) is 5.72. The first-order valence-electron chi connectivity index (χ1n) is 9.42. The average Bonchev–Trinajstić information content (AvgIpc) is 3.19. The minimum absolute atomic E-state index is 0.131. The fourth-order valence-corrected chi connectivity index (χ4v) is 3.47. The van der Waals surface area contributed by atoms with E-state index in [1.165, 1.54) is 16.8 Å². The zero-order chi connectivity index (χ0) is 19.5. The van der Waals surface area contributed by atoms with Crippen molar-refractivity contribution < 1.29 is 9.18 Å². The van der Waals surface area contributed by atoms with Crippen molar-refractivity contribution in [1.29, 1.82) is 0 Å². The van der Waals surface area contributed by atoms with E-state index in [9.17, 15) is 14.0 Å². The molecule has 2 aromatic heterocycles. The SMILES string of the molecule is O=C(NCCn1nc2c(cc1=O)CCCC2)c1cc(-c2ccc(F)cc2)c[nH]1. The molecule has 0 saturated carbocycles. The van der Waals surface area contributed by atoms with Crippen molar-refractivity contribution in [3.63, 3.8) is 0 Å². The van der Waals surface area contributed by atoms with E-state index < -0.39 is 0 Å². The molecule has 0 aliphatic heterocycles. The van der Waals surface area contributed by atoms with Crippen LogP contribution in [0, 0.1) is 5.82 Å². The highest BCUT2D eigenvalue weighted by Gasteiger charge is 2.14. The van der Waals surface area contributed by atoms with Crippen LogP contribution in [0.15, 0.2) is 47.4 Å². The third-order valence-electron chi connectivity index (χ3n) is 4.99. The lowest BCUT2D eigenvalue weighted by molar-refractivity contribution is 0.0947. The minimum atomic E-state index is -0.303. The van der Waals surface area contributed by atoms with Crippen molar-refractivity contribution in [2.45, 2.75) is 32.2 Å². The summed E-state index contributed by atoms with van der Waals surface area (Å²) in [6.45, 7) is 0.624. The van der Waals surface area contributed by atoms with Crippen molar-refractivity contribution in [3.8, 4) is 11.1 Å². The number of hydrogen-bond acceptors (Lipinski definition) is 3. The summed E-state index contributed by atoms with van der Waals surface area (Å²) in [6, 6.07) is 9.47. The van der Waals surface area contributed by atoms with Crippen molar-refractivity contribution >= 4 is 5.91 Å². The third-order valence-corrected chi connectivity index (χ3v) is 4.99. The van der Waals surface area contributed by atoms with E-state index >= 15 is 0 Å². The Bertz CT molecular complexity index is 1050. The standard InChI is InChI=1S/C21H21FN4O2/c22-17-7-5-14(6-8-17)16-11-19(24-13-16)21(28)23-9-10-26-20(27)12-15-3-1-2-4-18(15)25-26/h5-8,11-13,24H,1-4,9-10H2,(H,23,28). The van der Waals surface area contributed by atoms with Gasteiger partial charge in [-0.25, -0.2) is 9.07 Å². The molecule has 0 atom stereocenters. The molecule has 0 spiro atoms. The molecule has 0 fully saturated rings. The normalized spacial score (nSPS) is 13.2. The highest BCUT2D eigenvalue weighted by molar-refractivity contribution is 5.93. The van der Waals surface area contributed by atoms with E-state index in [0.29, 0.717) is 18.8 Å². The molecular formula is C21H21FN4O2. The number of carbonyl (C=O) groups excluding carboxylic acids is 1.